The Morgan fingerprint density at radius 3 is 2.77 bits per heavy atom. The number of aliphatic hydroxyl groups is 1. The molecule has 0 bridgehead atoms. The van der Waals surface area contributed by atoms with Gasteiger partial charge in [0.25, 0.3) is 0 Å². The summed E-state index contributed by atoms with van der Waals surface area (Å²) < 4.78 is 13.0. The zero-order chi connectivity index (χ0) is 9.84. The maximum Gasteiger partial charge on any atom is 0.124 e. The average Bonchev–Trinajstić information content (AvgIpc) is 2.15. The van der Waals surface area contributed by atoms with Crippen molar-refractivity contribution < 1.29 is 9.50 Å². The molecule has 0 aromatic heterocycles. The van der Waals surface area contributed by atoms with E-state index in [0.717, 1.165) is 17.0 Å². The molecule has 1 rings (SSSR count). The lowest BCUT2D eigenvalue weighted by atomic mass is 10.00. The van der Waals surface area contributed by atoms with Gasteiger partial charge in [0, 0.05) is 5.92 Å². The topological polar surface area (TPSA) is 20.2 Å². The van der Waals surface area contributed by atoms with Crippen LogP contribution < -0.4 is 0 Å². The molecule has 1 N–H and O–H groups in total. The molecule has 0 amide bonds. The first-order chi connectivity index (χ1) is 6.17. The minimum absolute atomic E-state index is 0.0555. The standard InChI is InChI=1S/C11H12FO/c1-3-9-4-10(8(2)7-13)6-11(12)5-9/h3-6,13H,1,7H2,2H3. The number of aliphatic hydroxyl groups excluding tert-OH is 1. The van der Waals surface area contributed by atoms with E-state index < -0.39 is 0 Å². The quantitative estimate of drug-likeness (QED) is 0.755. The summed E-state index contributed by atoms with van der Waals surface area (Å²) in [6, 6.07) is 4.60. The highest BCUT2D eigenvalue weighted by Crippen LogP contribution is 2.17. The predicted octanol–water partition coefficient (Wildman–Crippen LogP) is 2.40. The Morgan fingerprint density at radius 2 is 2.23 bits per heavy atom. The molecule has 0 spiro atoms. The number of benzene rings is 1. The molecule has 0 aliphatic heterocycles. The molecule has 69 valence electrons. The third-order valence-corrected chi connectivity index (χ3v) is 1.89. The minimum atomic E-state index is -0.305. The largest absolute Gasteiger partial charge is 0.395 e. The Morgan fingerprint density at radius 1 is 1.54 bits per heavy atom. The van der Waals surface area contributed by atoms with Gasteiger partial charge in [0.2, 0.25) is 0 Å². The van der Waals surface area contributed by atoms with E-state index in [1.165, 1.54) is 12.1 Å². The minimum Gasteiger partial charge on any atom is -0.395 e. The Balaban J connectivity index is 3.07. The summed E-state index contributed by atoms with van der Waals surface area (Å²) in [7, 11) is 0. The first-order valence-electron chi connectivity index (χ1n) is 4.04. The molecule has 1 radical (unpaired) electrons. The van der Waals surface area contributed by atoms with Gasteiger partial charge in [-0.1, -0.05) is 25.6 Å². The van der Waals surface area contributed by atoms with Crippen molar-refractivity contribution in [3.63, 3.8) is 0 Å². The van der Waals surface area contributed by atoms with Crippen molar-refractivity contribution in [1.29, 1.82) is 0 Å². The molecule has 0 heterocycles. The lowest BCUT2D eigenvalue weighted by molar-refractivity contribution is 0.315. The van der Waals surface area contributed by atoms with E-state index >= 15 is 0 Å². The van der Waals surface area contributed by atoms with Crippen molar-refractivity contribution in [2.24, 2.45) is 0 Å². The van der Waals surface area contributed by atoms with Crippen LogP contribution in [0.2, 0.25) is 0 Å². The normalized spacial score (nSPS) is 10.5. The van der Waals surface area contributed by atoms with Gasteiger partial charge in [0.1, 0.15) is 5.82 Å². The van der Waals surface area contributed by atoms with Gasteiger partial charge < -0.3 is 5.11 Å². The second-order valence-corrected chi connectivity index (χ2v) is 2.92. The Hall–Kier alpha value is -1.15. The third kappa shape index (κ3) is 2.39. The van der Waals surface area contributed by atoms with E-state index in [1.807, 2.05) is 0 Å². The fourth-order valence-corrected chi connectivity index (χ4v) is 1.07. The van der Waals surface area contributed by atoms with Gasteiger partial charge in [-0.3, -0.25) is 0 Å². The van der Waals surface area contributed by atoms with Gasteiger partial charge in [-0.05, 0) is 23.3 Å². The maximum atomic E-state index is 13.0. The van der Waals surface area contributed by atoms with Gasteiger partial charge >= 0.3 is 0 Å². The Kier molecular flexibility index (Phi) is 3.20. The monoisotopic (exact) mass is 179 g/mol. The summed E-state index contributed by atoms with van der Waals surface area (Å²) in [5, 5.41) is 8.86. The highest BCUT2D eigenvalue weighted by molar-refractivity contribution is 5.50. The van der Waals surface area contributed by atoms with Gasteiger partial charge in [-0.15, -0.1) is 0 Å². The smallest absolute Gasteiger partial charge is 0.124 e. The third-order valence-electron chi connectivity index (χ3n) is 1.89. The zero-order valence-electron chi connectivity index (χ0n) is 7.55. The van der Waals surface area contributed by atoms with E-state index in [1.54, 1.807) is 19.1 Å². The number of rotatable bonds is 3. The molecule has 0 aliphatic rings. The highest BCUT2D eigenvalue weighted by Gasteiger charge is 2.06. The molecule has 1 aromatic rings. The first kappa shape index (κ1) is 9.93. The van der Waals surface area contributed by atoms with E-state index in [0.29, 0.717) is 0 Å². The summed E-state index contributed by atoms with van der Waals surface area (Å²) in [6.45, 7) is 5.27. The molecular formula is C11H12FO. The van der Waals surface area contributed by atoms with Crippen LogP contribution in [0.15, 0.2) is 24.8 Å². The van der Waals surface area contributed by atoms with Crippen molar-refractivity contribution in [1.82, 2.24) is 0 Å². The van der Waals surface area contributed by atoms with Crippen molar-refractivity contribution in [3.8, 4) is 0 Å². The molecule has 0 atom stereocenters. The van der Waals surface area contributed by atoms with Crippen molar-refractivity contribution in [2.45, 2.75) is 6.92 Å². The molecule has 0 saturated carbocycles. The lowest BCUT2D eigenvalue weighted by Crippen LogP contribution is -2.00. The van der Waals surface area contributed by atoms with Gasteiger partial charge in [0.05, 0.1) is 6.61 Å². The van der Waals surface area contributed by atoms with Crippen LogP contribution >= 0.6 is 0 Å². The molecular weight excluding hydrogens is 167 g/mol. The predicted molar refractivity (Wildman–Crippen MR) is 51.6 cm³/mol. The summed E-state index contributed by atoms with van der Waals surface area (Å²) in [4.78, 5) is 0. The van der Waals surface area contributed by atoms with Gasteiger partial charge in [-0.2, -0.15) is 0 Å². The fourth-order valence-electron chi connectivity index (χ4n) is 1.07. The van der Waals surface area contributed by atoms with Gasteiger partial charge in [0.15, 0.2) is 0 Å². The Bertz CT molecular complexity index is 307. The van der Waals surface area contributed by atoms with Crippen molar-refractivity contribution in [3.05, 3.63) is 47.6 Å². The summed E-state index contributed by atoms with van der Waals surface area (Å²) in [6.07, 6.45) is 1.58. The summed E-state index contributed by atoms with van der Waals surface area (Å²) >= 11 is 0. The van der Waals surface area contributed by atoms with Crippen LogP contribution in [0.3, 0.4) is 0 Å². The van der Waals surface area contributed by atoms with Crippen LogP contribution in [0.5, 0.6) is 0 Å². The lowest BCUT2D eigenvalue weighted by Gasteiger charge is -2.08. The number of hydrogen-bond donors (Lipinski definition) is 1. The van der Waals surface area contributed by atoms with E-state index in [2.05, 4.69) is 6.58 Å². The second kappa shape index (κ2) is 4.19. The summed E-state index contributed by atoms with van der Waals surface area (Å²) in [5.41, 5.74) is 1.44. The first-order valence-corrected chi connectivity index (χ1v) is 4.04. The average molecular weight is 179 g/mol. The van der Waals surface area contributed by atoms with Crippen LogP contribution in [-0.4, -0.2) is 11.7 Å². The summed E-state index contributed by atoms with van der Waals surface area (Å²) in [5.74, 6) is 0.447. The van der Waals surface area contributed by atoms with Crippen LogP contribution in [0.1, 0.15) is 18.1 Å². The molecule has 0 aliphatic carbocycles. The van der Waals surface area contributed by atoms with Crippen LogP contribution in [0.25, 0.3) is 6.08 Å². The van der Waals surface area contributed by atoms with Crippen molar-refractivity contribution in [2.75, 3.05) is 6.61 Å². The Labute approximate surface area is 77.5 Å². The molecule has 0 unspecified atom stereocenters. The van der Waals surface area contributed by atoms with Crippen LogP contribution in [0.4, 0.5) is 4.39 Å². The molecule has 13 heavy (non-hydrogen) atoms. The molecule has 0 fully saturated rings. The zero-order valence-corrected chi connectivity index (χ0v) is 7.55. The highest BCUT2D eigenvalue weighted by atomic mass is 19.1. The molecule has 0 saturated heterocycles. The molecule has 1 aromatic carbocycles. The van der Waals surface area contributed by atoms with Crippen LogP contribution in [0, 0.1) is 11.7 Å². The molecule has 2 heteroatoms. The fraction of sp³-hybridized carbons (Fsp3) is 0.182. The van der Waals surface area contributed by atoms with E-state index in [9.17, 15) is 4.39 Å². The van der Waals surface area contributed by atoms with E-state index in [-0.39, 0.29) is 12.4 Å². The molecule has 1 nitrogen and oxygen atoms in total. The number of halogens is 1. The number of hydrogen-bond acceptors (Lipinski definition) is 1. The van der Waals surface area contributed by atoms with Gasteiger partial charge in [-0.25, -0.2) is 4.39 Å². The SMILES string of the molecule is C=Cc1cc(F)cc([C](C)CO)c1. The second-order valence-electron chi connectivity index (χ2n) is 2.92. The maximum absolute atomic E-state index is 13.0. The van der Waals surface area contributed by atoms with E-state index in [4.69, 9.17) is 5.11 Å². The van der Waals surface area contributed by atoms with Crippen molar-refractivity contribution >= 4 is 6.08 Å². The van der Waals surface area contributed by atoms with Crippen LogP contribution in [-0.2, 0) is 0 Å².